The fraction of sp³-hybridized carbons (Fsp3) is 0.750. The number of aliphatic hydroxyl groups excluding tert-OH is 1. The van der Waals surface area contributed by atoms with E-state index in [4.69, 9.17) is 22.1 Å². The highest BCUT2D eigenvalue weighted by Crippen LogP contribution is 2.05. The molecule has 0 saturated carbocycles. The number of ether oxygens (including phenoxy) is 1. The maximum absolute atomic E-state index is 11.1. The lowest BCUT2D eigenvalue weighted by atomic mass is 10.2. The fourth-order valence-corrected chi connectivity index (χ4v) is 0.814. The fourth-order valence-electron chi connectivity index (χ4n) is 0.612. The van der Waals surface area contributed by atoms with Gasteiger partial charge in [-0.25, -0.2) is 0 Å². The van der Waals surface area contributed by atoms with E-state index in [0.29, 0.717) is 23.6 Å². The van der Waals surface area contributed by atoms with Crippen LogP contribution in [0.5, 0.6) is 0 Å². The van der Waals surface area contributed by atoms with Crippen LogP contribution < -0.4 is 0 Å². The summed E-state index contributed by atoms with van der Waals surface area (Å²) in [5.41, 5.74) is 0. The number of carbonyl (C=O) groups excluding carboxylic acids is 1. The molecule has 1 N–H and O–H groups in total. The van der Waals surface area contributed by atoms with Crippen LogP contribution in [0.2, 0.25) is 0 Å². The summed E-state index contributed by atoms with van der Waals surface area (Å²) in [4.78, 5) is 11.1. The molecule has 0 fully saturated rings. The van der Waals surface area contributed by atoms with Crippen LogP contribution in [0.4, 0.5) is 0 Å². The number of aliphatic hydroxyl groups is 1. The summed E-state index contributed by atoms with van der Waals surface area (Å²) in [5, 5.41) is 8.46. The summed E-state index contributed by atoms with van der Waals surface area (Å²) in [7, 11) is 0. The number of unbranched alkanes of at least 4 members (excludes halogenated alkanes) is 1. The second-order valence-corrected chi connectivity index (χ2v) is 3.88. The van der Waals surface area contributed by atoms with Crippen molar-refractivity contribution >= 4 is 35.0 Å². The molecule has 0 aromatic heterocycles. The molecule has 0 aliphatic carbocycles. The minimum Gasteiger partial charge on any atom is -0.465 e. The maximum atomic E-state index is 11.1. The summed E-state index contributed by atoms with van der Waals surface area (Å²) in [6.07, 6.45) is 1.32. The normalized spacial score (nSPS) is 12.2. The molecule has 0 aliphatic rings. The van der Waals surface area contributed by atoms with E-state index in [1.165, 1.54) is 0 Å². The third kappa shape index (κ3) is 6.01. The summed E-state index contributed by atoms with van der Waals surface area (Å²) in [6, 6.07) is 0. The van der Waals surface area contributed by atoms with Crippen LogP contribution in [0.25, 0.3) is 0 Å². The number of carbonyl (C=O) groups is 1. The number of esters is 1. The molecular weight excluding hydrogens is 208 g/mol. The Bertz CT molecular complexity index is 182. The summed E-state index contributed by atoms with van der Waals surface area (Å²) >= 11 is 8.61. The molecule has 0 rings (SSSR count). The summed E-state index contributed by atoms with van der Waals surface area (Å²) in [5.74, 6) is -0.787. The van der Waals surface area contributed by atoms with Crippen molar-refractivity contribution in [1.29, 1.82) is 0 Å². The first-order chi connectivity index (χ1) is 6.09. The average molecular weight is 222 g/mol. The van der Waals surface area contributed by atoms with E-state index in [-0.39, 0.29) is 12.6 Å². The molecule has 0 amide bonds. The minimum atomic E-state index is -0.438. The molecule has 1 atom stereocenters. The number of rotatable bonds is 6. The van der Waals surface area contributed by atoms with Crippen LogP contribution in [0.1, 0.15) is 19.8 Å². The summed E-state index contributed by atoms with van der Waals surface area (Å²) < 4.78 is 5.22. The van der Waals surface area contributed by atoms with E-state index in [9.17, 15) is 4.79 Å². The van der Waals surface area contributed by atoms with Gasteiger partial charge in [-0.3, -0.25) is 4.79 Å². The number of thiol groups is 1. The number of thiocarbonyl (C=S) groups is 1. The second kappa shape index (κ2) is 7.29. The van der Waals surface area contributed by atoms with Crippen LogP contribution in [-0.4, -0.2) is 28.5 Å². The van der Waals surface area contributed by atoms with Gasteiger partial charge in [0, 0.05) is 6.61 Å². The van der Waals surface area contributed by atoms with Crippen molar-refractivity contribution in [2.45, 2.75) is 19.8 Å². The molecule has 76 valence electrons. The summed E-state index contributed by atoms with van der Waals surface area (Å²) in [6.45, 7) is 2.11. The second-order valence-electron chi connectivity index (χ2n) is 2.66. The highest BCUT2D eigenvalue weighted by atomic mass is 32.1. The molecule has 0 bridgehead atoms. The molecule has 0 spiro atoms. The molecular formula is C8H14O3S2. The van der Waals surface area contributed by atoms with Crippen molar-refractivity contribution in [2.24, 2.45) is 5.92 Å². The van der Waals surface area contributed by atoms with Crippen LogP contribution >= 0.6 is 24.8 Å². The molecule has 0 aliphatic heterocycles. The SMILES string of the molecule is CC(C(=O)OCCCCO)C(=S)S. The zero-order chi connectivity index (χ0) is 10.3. The van der Waals surface area contributed by atoms with Crippen molar-refractivity contribution in [3.05, 3.63) is 0 Å². The van der Waals surface area contributed by atoms with E-state index < -0.39 is 5.92 Å². The van der Waals surface area contributed by atoms with Gasteiger partial charge in [-0.05, 0) is 19.8 Å². The van der Waals surface area contributed by atoms with Crippen LogP contribution in [0.15, 0.2) is 0 Å². The third-order valence-corrected chi connectivity index (χ3v) is 2.26. The van der Waals surface area contributed by atoms with Crippen LogP contribution in [0, 0.1) is 5.92 Å². The maximum Gasteiger partial charge on any atom is 0.314 e. The Hall–Kier alpha value is -0.130. The van der Waals surface area contributed by atoms with Gasteiger partial charge in [-0.2, -0.15) is 0 Å². The van der Waals surface area contributed by atoms with Crippen LogP contribution in [0.3, 0.4) is 0 Å². The topological polar surface area (TPSA) is 46.5 Å². The van der Waals surface area contributed by atoms with E-state index >= 15 is 0 Å². The Kier molecular flexibility index (Phi) is 7.22. The molecule has 0 saturated heterocycles. The zero-order valence-electron chi connectivity index (χ0n) is 7.52. The van der Waals surface area contributed by atoms with Crippen molar-refractivity contribution in [2.75, 3.05) is 13.2 Å². The standard InChI is InChI=1S/C8H14O3S2/c1-6(8(12)13)7(10)11-5-3-2-4-9/h6,9H,2-5H2,1H3,(H,12,13). The first-order valence-corrected chi connectivity index (χ1v) is 4.95. The molecule has 0 heterocycles. The predicted molar refractivity (Wildman–Crippen MR) is 58.0 cm³/mol. The van der Waals surface area contributed by atoms with Gasteiger partial charge in [-0.15, -0.1) is 12.6 Å². The first-order valence-electron chi connectivity index (χ1n) is 4.10. The molecule has 0 aromatic rings. The number of hydrogen-bond acceptors (Lipinski definition) is 4. The third-order valence-electron chi connectivity index (χ3n) is 1.52. The quantitative estimate of drug-likeness (QED) is 0.307. The van der Waals surface area contributed by atoms with Gasteiger partial charge in [0.2, 0.25) is 0 Å². The highest BCUT2D eigenvalue weighted by molar-refractivity contribution is 8.11. The Morgan fingerprint density at radius 3 is 2.69 bits per heavy atom. The van der Waals surface area contributed by atoms with E-state index in [1.54, 1.807) is 6.92 Å². The molecule has 13 heavy (non-hydrogen) atoms. The van der Waals surface area contributed by atoms with Crippen molar-refractivity contribution in [1.82, 2.24) is 0 Å². The minimum absolute atomic E-state index is 0.123. The number of hydrogen-bond donors (Lipinski definition) is 2. The lowest BCUT2D eigenvalue weighted by Gasteiger charge is -2.08. The highest BCUT2D eigenvalue weighted by Gasteiger charge is 2.16. The van der Waals surface area contributed by atoms with E-state index in [1.807, 2.05) is 0 Å². The van der Waals surface area contributed by atoms with Crippen molar-refractivity contribution in [3.63, 3.8) is 0 Å². The van der Waals surface area contributed by atoms with Crippen LogP contribution in [-0.2, 0) is 9.53 Å². The molecule has 0 radical (unpaired) electrons. The largest absolute Gasteiger partial charge is 0.465 e. The van der Waals surface area contributed by atoms with Gasteiger partial charge >= 0.3 is 5.97 Å². The van der Waals surface area contributed by atoms with E-state index in [2.05, 4.69) is 12.6 Å². The molecule has 1 unspecified atom stereocenters. The molecule has 5 heteroatoms. The monoisotopic (exact) mass is 222 g/mol. The van der Waals surface area contributed by atoms with Gasteiger partial charge < -0.3 is 9.84 Å². The Balaban J connectivity index is 3.56. The Labute approximate surface area is 88.9 Å². The van der Waals surface area contributed by atoms with Gasteiger partial charge in [0.25, 0.3) is 0 Å². The van der Waals surface area contributed by atoms with Gasteiger partial charge in [-0.1, -0.05) is 12.2 Å². The molecule has 0 aromatic carbocycles. The van der Waals surface area contributed by atoms with Crippen molar-refractivity contribution in [3.8, 4) is 0 Å². The van der Waals surface area contributed by atoms with Crippen molar-refractivity contribution < 1.29 is 14.6 Å². The van der Waals surface area contributed by atoms with Gasteiger partial charge in [0.05, 0.1) is 16.7 Å². The Morgan fingerprint density at radius 2 is 2.23 bits per heavy atom. The van der Waals surface area contributed by atoms with E-state index in [0.717, 1.165) is 0 Å². The lowest BCUT2D eigenvalue weighted by molar-refractivity contribution is -0.145. The Morgan fingerprint density at radius 1 is 1.62 bits per heavy atom. The first kappa shape index (κ1) is 12.9. The zero-order valence-corrected chi connectivity index (χ0v) is 9.24. The lowest BCUT2D eigenvalue weighted by Crippen LogP contribution is -2.19. The van der Waals surface area contributed by atoms with Gasteiger partial charge in [0.1, 0.15) is 0 Å². The smallest absolute Gasteiger partial charge is 0.314 e. The predicted octanol–water partition coefficient (Wildman–Crippen LogP) is 1.20. The van der Waals surface area contributed by atoms with Gasteiger partial charge in [0.15, 0.2) is 0 Å². The average Bonchev–Trinajstić information content (AvgIpc) is 2.10. The molecule has 3 nitrogen and oxygen atoms in total.